The van der Waals surface area contributed by atoms with Gasteiger partial charge in [-0.05, 0) is 48.4 Å². The van der Waals surface area contributed by atoms with Crippen LogP contribution in [-0.2, 0) is 22.9 Å². The van der Waals surface area contributed by atoms with Crippen LogP contribution in [0.25, 0.3) is 10.2 Å². The second kappa shape index (κ2) is 9.08. The van der Waals surface area contributed by atoms with Crippen molar-refractivity contribution in [2.75, 3.05) is 24.5 Å². The van der Waals surface area contributed by atoms with E-state index < -0.39 is 15.9 Å². The minimum absolute atomic E-state index is 0.0568. The standard InChI is InChI=1S/C25H23N3O4S2/c1-32-22-11-10-18(34(30,31)28-15-13-17-6-2-4-8-21(17)28)16-19(22)25(29)26-14-12-24-27-20-7-3-5-9-23(20)33-24/h2-11,16H,12-15H2,1H3,(H,26,29). The summed E-state index contributed by atoms with van der Waals surface area (Å²) in [5.41, 5.74) is 2.80. The number of nitrogens with zero attached hydrogens (tertiary/aromatic N) is 2. The number of thiazole rings is 1. The summed E-state index contributed by atoms with van der Waals surface area (Å²) >= 11 is 1.59. The van der Waals surface area contributed by atoms with Crippen LogP contribution in [0.1, 0.15) is 20.9 Å². The van der Waals surface area contributed by atoms with Gasteiger partial charge in [-0.15, -0.1) is 11.3 Å². The molecule has 3 aromatic carbocycles. The maximum atomic E-state index is 13.4. The van der Waals surface area contributed by atoms with E-state index in [1.54, 1.807) is 17.4 Å². The van der Waals surface area contributed by atoms with Gasteiger partial charge in [0.1, 0.15) is 5.75 Å². The van der Waals surface area contributed by atoms with Gasteiger partial charge in [0.2, 0.25) is 0 Å². The lowest BCUT2D eigenvalue weighted by Crippen LogP contribution is -2.30. The van der Waals surface area contributed by atoms with Gasteiger partial charge in [-0.1, -0.05) is 30.3 Å². The number of para-hydroxylation sites is 2. The zero-order valence-corrected chi connectivity index (χ0v) is 20.2. The Morgan fingerprint density at radius 3 is 2.74 bits per heavy atom. The highest BCUT2D eigenvalue weighted by molar-refractivity contribution is 7.92. The van der Waals surface area contributed by atoms with Crippen LogP contribution in [-0.4, -0.2) is 39.5 Å². The fourth-order valence-corrected chi connectivity index (χ4v) is 6.61. The molecule has 0 spiro atoms. The summed E-state index contributed by atoms with van der Waals surface area (Å²) in [6.07, 6.45) is 1.24. The van der Waals surface area contributed by atoms with Gasteiger partial charge in [-0.3, -0.25) is 9.10 Å². The van der Waals surface area contributed by atoms with Crippen molar-refractivity contribution in [2.45, 2.75) is 17.7 Å². The molecule has 1 amide bonds. The third kappa shape index (κ3) is 4.12. The zero-order valence-electron chi connectivity index (χ0n) is 18.5. The van der Waals surface area contributed by atoms with Gasteiger partial charge >= 0.3 is 0 Å². The van der Waals surface area contributed by atoms with E-state index in [1.807, 2.05) is 42.5 Å². The molecule has 7 nitrogen and oxygen atoms in total. The molecule has 5 rings (SSSR count). The van der Waals surface area contributed by atoms with Crippen molar-refractivity contribution in [1.82, 2.24) is 10.3 Å². The summed E-state index contributed by atoms with van der Waals surface area (Å²) in [6, 6.07) is 19.8. The number of aromatic nitrogens is 1. The molecule has 0 saturated heterocycles. The maximum absolute atomic E-state index is 13.4. The molecule has 1 aliphatic heterocycles. The quantitative estimate of drug-likeness (QED) is 0.420. The Kier molecular flexibility index (Phi) is 5.97. The van der Waals surface area contributed by atoms with Crippen molar-refractivity contribution >= 4 is 43.2 Å². The molecule has 0 saturated carbocycles. The van der Waals surface area contributed by atoms with Crippen molar-refractivity contribution in [3.8, 4) is 5.75 Å². The minimum atomic E-state index is -3.82. The number of anilines is 1. The summed E-state index contributed by atoms with van der Waals surface area (Å²) in [4.78, 5) is 17.6. The minimum Gasteiger partial charge on any atom is -0.496 e. The highest BCUT2D eigenvalue weighted by Crippen LogP contribution is 2.34. The average molecular weight is 494 g/mol. The molecule has 2 heterocycles. The lowest BCUT2D eigenvalue weighted by Gasteiger charge is -2.20. The predicted molar refractivity (Wildman–Crippen MR) is 133 cm³/mol. The summed E-state index contributed by atoms with van der Waals surface area (Å²) in [5.74, 6) is -0.0740. The molecule has 0 bridgehead atoms. The molecule has 9 heteroatoms. The number of benzene rings is 3. The second-order valence-electron chi connectivity index (χ2n) is 7.90. The van der Waals surface area contributed by atoms with Crippen molar-refractivity contribution in [1.29, 1.82) is 0 Å². The number of methoxy groups -OCH3 is 1. The lowest BCUT2D eigenvalue weighted by atomic mass is 10.2. The molecular formula is C25H23N3O4S2. The van der Waals surface area contributed by atoms with E-state index in [-0.39, 0.29) is 10.5 Å². The van der Waals surface area contributed by atoms with E-state index in [2.05, 4.69) is 10.3 Å². The Morgan fingerprint density at radius 1 is 1.12 bits per heavy atom. The van der Waals surface area contributed by atoms with E-state index in [0.717, 1.165) is 20.8 Å². The third-order valence-electron chi connectivity index (χ3n) is 5.81. The van der Waals surface area contributed by atoms with Gasteiger partial charge in [0.25, 0.3) is 15.9 Å². The normalized spacial score (nSPS) is 13.1. The Balaban J connectivity index is 1.34. The van der Waals surface area contributed by atoms with E-state index in [9.17, 15) is 13.2 Å². The van der Waals surface area contributed by atoms with Crippen LogP contribution >= 0.6 is 11.3 Å². The molecule has 1 aromatic heterocycles. The first kappa shape index (κ1) is 22.4. The first-order valence-corrected chi connectivity index (χ1v) is 13.1. The number of nitrogens with one attached hydrogen (secondary N) is 1. The van der Waals surface area contributed by atoms with Gasteiger partial charge in [-0.2, -0.15) is 0 Å². The van der Waals surface area contributed by atoms with E-state index in [4.69, 9.17) is 4.74 Å². The number of carbonyl (C=O) groups is 1. The molecule has 0 fully saturated rings. The molecule has 0 aliphatic carbocycles. The van der Waals surface area contributed by atoms with Gasteiger partial charge in [0.05, 0.1) is 38.5 Å². The number of amides is 1. The molecule has 1 aliphatic rings. The van der Waals surface area contributed by atoms with Crippen LogP contribution in [0, 0.1) is 0 Å². The van der Waals surface area contributed by atoms with E-state index >= 15 is 0 Å². The highest BCUT2D eigenvalue weighted by Gasteiger charge is 2.31. The summed E-state index contributed by atoms with van der Waals surface area (Å²) in [7, 11) is -2.37. The van der Waals surface area contributed by atoms with Crippen molar-refractivity contribution in [2.24, 2.45) is 0 Å². The van der Waals surface area contributed by atoms with Crippen LogP contribution in [0.5, 0.6) is 5.75 Å². The van der Waals surface area contributed by atoms with Gasteiger partial charge in [-0.25, -0.2) is 13.4 Å². The Hall–Kier alpha value is -3.43. The van der Waals surface area contributed by atoms with E-state index in [1.165, 1.54) is 29.6 Å². The molecule has 0 atom stereocenters. The average Bonchev–Trinajstić information content (AvgIpc) is 3.47. The number of ether oxygens (including phenoxy) is 1. The Bertz CT molecular complexity index is 1450. The van der Waals surface area contributed by atoms with Crippen molar-refractivity contribution in [3.05, 3.63) is 82.9 Å². The number of hydrogen-bond donors (Lipinski definition) is 1. The SMILES string of the molecule is COc1ccc(S(=O)(=O)N2CCc3ccccc32)cc1C(=O)NCCc1nc2ccccc2s1. The predicted octanol–water partition coefficient (Wildman–Crippen LogP) is 4.03. The maximum Gasteiger partial charge on any atom is 0.264 e. The molecule has 0 radical (unpaired) electrons. The fraction of sp³-hybridized carbons (Fsp3) is 0.200. The number of fused-ring (bicyclic) bond motifs is 2. The van der Waals surface area contributed by atoms with E-state index in [0.29, 0.717) is 37.4 Å². The zero-order chi connectivity index (χ0) is 23.7. The number of sulfonamides is 1. The van der Waals surface area contributed by atoms with Crippen LogP contribution in [0.2, 0.25) is 0 Å². The highest BCUT2D eigenvalue weighted by atomic mass is 32.2. The van der Waals surface area contributed by atoms with Crippen LogP contribution in [0.15, 0.2) is 71.6 Å². The molecular weight excluding hydrogens is 470 g/mol. The smallest absolute Gasteiger partial charge is 0.264 e. The number of hydrogen-bond acceptors (Lipinski definition) is 6. The van der Waals surface area contributed by atoms with Gasteiger partial charge in [0.15, 0.2) is 0 Å². The number of carbonyl (C=O) groups excluding carboxylic acids is 1. The molecule has 0 unspecified atom stereocenters. The summed E-state index contributed by atoms with van der Waals surface area (Å²) < 4.78 is 34.7. The summed E-state index contributed by atoms with van der Waals surface area (Å²) in [6.45, 7) is 0.746. The number of rotatable bonds is 7. The molecule has 174 valence electrons. The lowest BCUT2D eigenvalue weighted by molar-refractivity contribution is 0.0951. The van der Waals surface area contributed by atoms with Crippen LogP contribution < -0.4 is 14.4 Å². The van der Waals surface area contributed by atoms with Gasteiger partial charge in [0, 0.05) is 19.5 Å². The molecule has 1 N–H and O–H groups in total. The summed E-state index contributed by atoms with van der Waals surface area (Å²) in [5, 5.41) is 3.80. The molecule has 4 aromatic rings. The van der Waals surface area contributed by atoms with Gasteiger partial charge < -0.3 is 10.1 Å². The van der Waals surface area contributed by atoms with Crippen LogP contribution in [0.4, 0.5) is 5.69 Å². The van der Waals surface area contributed by atoms with Crippen LogP contribution in [0.3, 0.4) is 0 Å². The first-order valence-electron chi connectivity index (χ1n) is 10.9. The van der Waals surface area contributed by atoms with Crippen molar-refractivity contribution < 1.29 is 17.9 Å². The topological polar surface area (TPSA) is 88.6 Å². The Labute approximate surface area is 202 Å². The molecule has 34 heavy (non-hydrogen) atoms. The largest absolute Gasteiger partial charge is 0.496 e. The third-order valence-corrected chi connectivity index (χ3v) is 8.72. The first-order chi connectivity index (χ1) is 16.5. The monoisotopic (exact) mass is 493 g/mol. The fourth-order valence-electron chi connectivity index (χ4n) is 4.11. The van der Waals surface area contributed by atoms with Crippen molar-refractivity contribution in [3.63, 3.8) is 0 Å². The Morgan fingerprint density at radius 2 is 1.91 bits per heavy atom. The second-order valence-corrected chi connectivity index (χ2v) is 10.9.